The van der Waals surface area contributed by atoms with Gasteiger partial charge in [-0.3, -0.25) is 0 Å². The minimum absolute atomic E-state index is 0.268. The maximum Gasteiger partial charge on any atom is 0.00747 e. The van der Waals surface area contributed by atoms with Crippen LogP contribution in [0.4, 0.5) is 0 Å². The summed E-state index contributed by atoms with van der Waals surface area (Å²) in [5.74, 6) is 0. The predicted molar refractivity (Wildman–Crippen MR) is 57.6 cm³/mol. The molecule has 0 saturated carbocycles. The molecule has 6 N–H and O–H groups in total. The Hall–Kier alpha value is -0.160. The maximum absolute atomic E-state index is 5.38. The molecular weight excluding hydrogens is 164 g/mol. The fraction of sp³-hybridized carbons (Fsp3) is 1.00. The van der Waals surface area contributed by atoms with Gasteiger partial charge in [0, 0.05) is 39.3 Å². The lowest BCUT2D eigenvalue weighted by Gasteiger charge is -2.25. The van der Waals surface area contributed by atoms with Crippen molar-refractivity contribution in [1.82, 2.24) is 10.6 Å². The molecule has 0 fully saturated rings. The molecule has 0 aliphatic heterocycles. The Labute approximate surface area is 81.4 Å². The summed E-state index contributed by atoms with van der Waals surface area (Å²) in [5, 5.41) is 6.61. The summed E-state index contributed by atoms with van der Waals surface area (Å²) in [6, 6.07) is 0. The molecule has 0 amide bonds. The summed E-state index contributed by atoms with van der Waals surface area (Å²) < 4.78 is 0. The Morgan fingerprint density at radius 1 is 0.923 bits per heavy atom. The van der Waals surface area contributed by atoms with Gasteiger partial charge in [-0.15, -0.1) is 0 Å². The smallest absolute Gasteiger partial charge is 0.00747 e. The van der Waals surface area contributed by atoms with Gasteiger partial charge in [0.25, 0.3) is 0 Å². The van der Waals surface area contributed by atoms with Crippen molar-refractivity contribution in [3.05, 3.63) is 0 Å². The molecule has 0 aromatic heterocycles. The second-order valence-corrected chi connectivity index (χ2v) is 4.10. The first-order valence-corrected chi connectivity index (χ1v) is 4.94. The molecule has 4 nitrogen and oxygen atoms in total. The molecule has 0 aliphatic rings. The van der Waals surface area contributed by atoms with Gasteiger partial charge in [0.05, 0.1) is 0 Å². The first kappa shape index (κ1) is 12.8. The van der Waals surface area contributed by atoms with E-state index in [-0.39, 0.29) is 5.41 Å². The second-order valence-electron chi connectivity index (χ2n) is 4.10. The first-order chi connectivity index (χ1) is 6.12. The van der Waals surface area contributed by atoms with Gasteiger partial charge in [-0.2, -0.15) is 0 Å². The van der Waals surface area contributed by atoms with Crippen LogP contribution >= 0.6 is 0 Å². The minimum atomic E-state index is 0.268. The molecule has 13 heavy (non-hydrogen) atoms. The fourth-order valence-corrected chi connectivity index (χ4v) is 1.12. The van der Waals surface area contributed by atoms with Crippen LogP contribution in [-0.2, 0) is 0 Å². The fourth-order valence-electron chi connectivity index (χ4n) is 1.12. The van der Waals surface area contributed by atoms with E-state index in [0.29, 0.717) is 13.1 Å². The van der Waals surface area contributed by atoms with E-state index >= 15 is 0 Å². The van der Waals surface area contributed by atoms with Gasteiger partial charge in [0.1, 0.15) is 0 Å². The van der Waals surface area contributed by atoms with Gasteiger partial charge in [0.2, 0.25) is 0 Å². The summed E-state index contributed by atoms with van der Waals surface area (Å²) in [5.41, 5.74) is 11.0. The SMILES string of the molecule is CC(C)(CNCCN)CNCCN. The maximum atomic E-state index is 5.38. The van der Waals surface area contributed by atoms with Crippen LogP contribution in [0.25, 0.3) is 0 Å². The molecule has 0 radical (unpaired) electrons. The minimum Gasteiger partial charge on any atom is -0.329 e. The predicted octanol–water partition coefficient (Wildman–Crippen LogP) is -0.891. The van der Waals surface area contributed by atoms with Crippen molar-refractivity contribution in [3.8, 4) is 0 Å². The standard InChI is InChI=1S/C9H24N4/c1-9(2,7-12-5-3-10)8-13-6-4-11/h12-13H,3-8,10-11H2,1-2H3. The lowest BCUT2D eigenvalue weighted by molar-refractivity contribution is 0.324. The zero-order valence-electron chi connectivity index (χ0n) is 8.90. The third kappa shape index (κ3) is 8.18. The van der Waals surface area contributed by atoms with Crippen LogP contribution in [0.1, 0.15) is 13.8 Å². The lowest BCUT2D eigenvalue weighted by Crippen LogP contribution is -2.40. The highest BCUT2D eigenvalue weighted by Gasteiger charge is 2.15. The van der Waals surface area contributed by atoms with Crippen LogP contribution in [0.2, 0.25) is 0 Å². The first-order valence-electron chi connectivity index (χ1n) is 4.94. The quantitative estimate of drug-likeness (QED) is 0.373. The van der Waals surface area contributed by atoms with Crippen molar-refractivity contribution in [2.75, 3.05) is 39.3 Å². The molecule has 0 bridgehead atoms. The van der Waals surface area contributed by atoms with Crippen LogP contribution in [0.5, 0.6) is 0 Å². The Morgan fingerprint density at radius 2 is 1.31 bits per heavy atom. The van der Waals surface area contributed by atoms with E-state index in [2.05, 4.69) is 24.5 Å². The van der Waals surface area contributed by atoms with Gasteiger partial charge in [0.15, 0.2) is 0 Å². The van der Waals surface area contributed by atoms with Crippen molar-refractivity contribution < 1.29 is 0 Å². The molecule has 0 aromatic rings. The van der Waals surface area contributed by atoms with E-state index in [0.717, 1.165) is 26.2 Å². The van der Waals surface area contributed by atoms with Crippen molar-refractivity contribution >= 4 is 0 Å². The third-order valence-corrected chi connectivity index (χ3v) is 1.85. The van der Waals surface area contributed by atoms with Crippen molar-refractivity contribution in [3.63, 3.8) is 0 Å². The highest BCUT2D eigenvalue weighted by molar-refractivity contribution is 4.74. The summed E-state index contributed by atoms with van der Waals surface area (Å²) in [4.78, 5) is 0. The Bertz CT molecular complexity index is 102. The average molecular weight is 188 g/mol. The molecule has 0 atom stereocenters. The van der Waals surface area contributed by atoms with Gasteiger partial charge in [-0.05, 0) is 5.41 Å². The summed E-state index contributed by atoms with van der Waals surface area (Å²) in [6.07, 6.45) is 0. The van der Waals surface area contributed by atoms with E-state index in [1.807, 2.05) is 0 Å². The Morgan fingerprint density at radius 3 is 1.62 bits per heavy atom. The van der Waals surface area contributed by atoms with E-state index in [4.69, 9.17) is 11.5 Å². The molecule has 0 aliphatic carbocycles. The number of rotatable bonds is 8. The van der Waals surface area contributed by atoms with Crippen LogP contribution < -0.4 is 22.1 Å². The normalized spacial score (nSPS) is 12.0. The molecule has 0 spiro atoms. The third-order valence-electron chi connectivity index (χ3n) is 1.85. The van der Waals surface area contributed by atoms with Crippen LogP contribution in [0, 0.1) is 5.41 Å². The van der Waals surface area contributed by atoms with E-state index in [1.165, 1.54) is 0 Å². The second kappa shape index (κ2) is 7.26. The van der Waals surface area contributed by atoms with Crippen LogP contribution in [-0.4, -0.2) is 39.3 Å². The van der Waals surface area contributed by atoms with Crippen molar-refractivity contribution in [1.29, 1.82) is 0 Å². The number of hydrogen-bond acceptors (Lipinski definition) is 4. The number of nitrogens with one attached hydrogen (secondary N) is 2. The molecule has 0 unspecified atom stereocenters. The van der Waals surface area contributed by atoms with E-state index in [1.54, 1.807) is 0 Å². The van der Waals surface area contributed by atoms with Gasteiger partial charge in [-0.1, -0.05) is 13.8 Å². The Kier molecular flexibility index (Phi) is 7.17. The summed E-state index contributed by atoms with van der Waals surface area (Å²) in [6.45, 7) is 9.60. The largest absolute Gasteiger partial charge is 0.329 e. The van der Waals surface area contributed by atoms with Crippen LogP contribution in [0.3, 0.4) is 0 Å². The molecular formula is C9H24N4. The average Bonchev–Trinajstić information content (AvgIpc) is 2.05. The zero-order valence-corrected chi connectivity index (χ0v) is 8.90. The molecule has 80 valence electrons. The topological polar surface area (TPSA) is 76.1 Å². The summed E-state index contributed by atoms with van der Waals surface area (Å²) >= 11 is 0. The molecule has 0 saturated heterocycles. The number of nitrogens with two attached hydrogens (primary N) is 2. The molecule has 0 aromatic carbocycles. The van der Waals surface area contributed by atoms with Gasteiger partial charge in [-0.25, -0.2) is 0 Å². The van der Waals surface area contributed by atoms with Gasteiger partial charge < -0.3 is 22.1 Å². The molecule has 4 heteroatoms. The monoisotopic (exact) mass is 188 g/mol. The molecule has 0 rings (SSSR count). The number of hydrogen-bond donors (Lipinski definition) is 4. The molecule has 0 heterocycles. The van der Waals surface area contributed by atoms with E-state index < -0.39 is 0 Å². The lowest BCUT2D eigenvalue weighted by atomic mass is 9.93. The van der Waals surface area contributed by atoms with Gasteiger partial charge >= 0.3 is 0 Å². The van der Waals surface area contributed by atoms with Crippen molar-refractivity contribution in [2.45, 2.75) is 13.8 Å². The highest BCUT2D eigenvalue weighted by Crippen LogP contribution is 2.10. The summed E-state index contributed by atoms with van der Waals surface area (Å²) in [7, 11) is 0. The van der Waals surface area contributed by atoms with Crippen LogP contribution in [0.15, 0.2) is 0 Å². The Balaban J connectivity index is 3.42. The highest BCUT2D eigenvalue weighted by atomic mass is 14.9. The van der Waals surface area contributed by atoms with E-state index in [9.17, 15) is 0 Å². The van der Waals surface area contributed by atoms with Crippen molar-refractivity contribution in [2.24, 2.45) is 16.9 Å². The zero-order chi connectivity index (χ0) is 10.2.